The van der Waals surface area contributed by atoms with Crippen LogP contribution in [-0.2, 0) is 18.9 Å². The molecule has 8 aliphatic carbocycles. The molecule has 0 saturated heterocycles. The topological polar surface area (TPSA) is 554 Å². The van der Waals surface area contributed by atoms with Gasteiger partial charge in [-0.1, -0.05) is 144 Å². The first kappa shape index (κ1) is 55.1. The maximum Gasteiger partial charge on any atom is 0.191 e. The molecule has 20 rings (SSSR count). The van der Waals surface area contributed by atoms with Gasteiger partial charge >= 0.3 is 0 Å². The van der Waals surface area contributed by atoms with Crippen molar-refractivity contribution in [3.8, 4) is 0 Å². The lowest BCUT2D eigenvalue weighted by Gasteiger charge is -2.17. The number of anilines is 4. The number of thioether (sulfide) groups is 4. The molecule has 0 bridgehead atoms. The fourth-order valence-electron chi connectivity index (χ4n) is 13.4. The fourth-order valence-corrected chi connectivity index (χ4v) is 15.5. The van der Waals surface area contributed by atoms with Crippen molar-refractivity contribution in [2.45, 2.75) is 298 Å². The van der Waals surface area contributed by atoms with E-state index in [1.54, 1.807) is 0 Å². The molecule has 0 aliphatic heterocycles. The highest BCUT2D eigenvalue weighted by Gasteiger charge is 2.51. The number of aliphatic hydroxyl groups is 12. The average molecular weight is 2130 g/mol. The van der Waals surface area contributed by atoms with Crippen molar-refractivity contribution < 1.29 is 177 Å². The summed E-state index contributed by atoms with van der Waals surface area (Å²) < 4.78 is 562. The number of hydrogen-bond donors (Lipinski definition) is 16. The second-order valence-corrected chi connectivity index (χ2v) is 34.0. The van der Waals surface area contributed by atoms with Gasteiger partial charge in [0.25, 0.3) is 0 Å². The van der Waals surface area contributed by atoms with Gasteiger partial charge in [-0.05, 0) is 148 Å². The van der Waals surface area contributed by atoms with Crippen molar-refractivity contribution in [2.24, 2.45) is 0 Å². The third-order valence-electron chi connectivity index (χ3n) is 20.9. The lowest BCUT2D eigenvalue weighted by molar-refractivity contribution is -0.0629. The second-order valence-electron chi connectivity index (χ2n) is 30.6. The van der Waals surface area contributed by atoms with Crippen molar-refractivity contribution in [1.29, 1.82) is 0 Å². The minimum atomic E-state index is -4.39. The first-order chi connectivity index (χ1) is 91.1. The van der Waals surface area contributed by atoms with Crippen LogP contribution in [0.3, 0.4) is 0 Å². The molecule has 24 atom stereocenters. The number of aromatic nitrogens is 20. The Hall–Kier alpha value is -9.52. The van der Waals surface area contributed by atoms with Gasteiger partial charge in [-0.3, -0.25) is 0 Å². The zero-order chi connectivity index (χ0) is 154. The Labute approximate surface area is 925 Å². The van der Waals surface area contributed by atoms with Crippen LogP contribution in [0.25, 0.3) is 44.7 Å². The Morgan fingerprint density at radius 1 is 0.368 bits per heavy atom. The standard InChI is InChI=1S/4C24H31FN6O4S/c4*1-3-8-36-24-27-22(26-16-10-14(16)13-5-4-12(2)15(25)9-13)19-23(28-24)31(30-29-19)17-11-18(35-7-6-32)21(34)20(17)33/h4*4-5,9,14,16-18,20-21,32-34H,3,6-8,10-11H2,1-2H3,(H,26,27,28)/t4*14-,16+,17+,18-,20-,21+/m0000/s1/i4D,5D,6D2,7D2,8D2,9D,11D2,16D,17D,18D,20D,21D;4D,5D,7D2,8D2,9D,11D2,16D,17D,18D,20D,21D;4D,5D,6D2,8D2,9D,11D2,16D,17D,18D,20D,21D;3D2,4D,5D,8D2,9D,11D2,16D,17D,18D,20D,21D. The van der Waals surface area contributed by atoms with Gasteiger partial charge in [0.2, 0.25) is 0 Å². The summed E-state index contributed by atoms with van der Waals surface area (Å²) >= 11 is 1.29. The van der Waals surface area contributed by atoms with Crippen LogP contribution in [0.15, 0.2) is 93.1 Å². The number of aliphatic hydroxyl groups excluding tert-OH is 2. The molecule has 0 radical (unpaired) electrons. The van der Waals surface area contributed by atoms with Gasteiger partial charge in [0.05, 0.1) is 156 Å². The molecule has 8 aromatic heterocycles. The van der Waals surface area contributed by atoms with Crippen LogP contribution in [-0.4, -0.2) is 334 Å². The first-order valence-corrected chi connectivity index (χ1v) is 45.9. The molecule has 144 heavy (non-hydrogen) atoms. The number of halogens is 4. The molecular weight excluding hydrogens is 1950 g/mol. The fraction of sp³-hybridized carbons (Fsp3) is 0.583. The van der Waals surface area contributed by atoms with Gasteiger partial charge in [-0.15, -0.1) is 20.4 Å². The number of fused-ring (bicyclic) bond motifs is 4. The van der Waals surface area contributed by atoms with Crippen LogP contribution >= 0.6 is 47.0 Å². The lowest BCUT2D eigenvalue weighted by Crippen LogP contribution is -2.33. The molecule has 0 amide bonds. The normalized spacial score (nSPS) is 46.0. The summed E-state index contributed by atoms with van der Waals surface area (Å²) in [7, 11) is 0. The molecule has 8 heterocycles. The van der Waals surface area contributed by atoms with Crippen molar-refractivity contribution in [2.75, 3.05) is 96.8 Å². The van der Waals surface area contributed by atoms with E-state index in [4.69, 9.17) is 89.0 Å². The van der Waals surface area contributed by atoms with Crippen molar-refractivity contribution in [3.63, 3.8) is 0 Å². The Balaban J connectivity index is 0.000000174. The predicted molar refractivity (Wildman–Crippen MR) is 530 cm³/mol. The highest BCUT2D eigenvalue weighted by molar-refractivity contribution is 7.99. The van der Waals surface area contributed by atoms with E-state index in [0.29, 0.717) is 35.3 Å². The Morgan fingerprint density at radius 2 is 0.639 bits per heavy atom. The Kier molecular flexibility index (Phi) is 18.1. The molecule has 8 aliphatic rings. The van der Waals surface area contributed by atoms with E-state index in [0.717, 1.165) is 6.92 Å². The molecule has 12 aromatic rings. The number of nitrogens with zero attached hydrogens (tertiary/aromatic N) is 20. The molecule has 40 nitrogen and oxygen atoms in total. The van der Waals surface area contributed by atoms with Gasteiger partial charge in [-0.25, -0.2) is 76.2 Å². The highest BCUT2D eigenvalue weighted by Crippen LogP contribution is 2.50. The highest BCUT2D eigenvalue weighted by atomic mass is 32.2. The maximum atomic E-state index is 14.8. The summed E-state index contributed by atoms with van der Waals surface area (Å²) in [5.41, 5.74) is -16.3. The molecule has 0 unspecified atom stereocenters. The van der Waals surface area contributed by atoms with Crippen LogP contribution in [0.2, 0.25) is 0 Å². The zero-order valence-corrected chi connectivity index (χ0v) is 78.9. The van der Waals surface area contributed by atoms with Gasteiger partial charge in [-0.2, -0.15) is 0 Å². The summed E-state index contributed by atoms with van der Waals surface area (Å²) in [4.78, 5) is 33.0. The van der Waals surface area contributed by atoms with Crippen LogP contribution in [0.5, 0.6) is 0 Å². The molecule has 0 spiro atoms. The summed E-state index contributed by atoms with van der Waals surface area (Å²) in [6.45, 7) is -9.29. The van der Waals surface area contributed by atoms with Crippen molar-refractivity contribution in [1.82, 2.24) is 99.8 Å². The van der Waals surface area contributed by atoms with Gasteiger partial charge in [0.1, 0.15) is 71.9 Å². The zero-order valence-electron chi connectivity index (χ0n) is 134. The molecule has 8 fully saturated rings. The van der Waals surface area contributed by atoms with E-state index in [1.165, 1.54) is 48.5 Å². The third-order valence-corrected chi connectivity index (χ3v) is 23.9. The summed E-state index contributed by atoms with van der Waals surface area (Å²) in [5, 5.41) is 165. The number of hydrogen-bond acceptors (Lipinski definition) is 40. The quantitative estimate of drug-likeness (QED) is 0.00969. The minimum Gasteiger partial charge on any atom is -0.394 e. The van der Waals surface area contributed by atoms with Gasteiger partial charge in [0.15, 0.2) is 88.6 Å². The minimum absolute atomic E-state index is 0.0165. The molecular formula is C96H124F4N24O16S4. The molecule has 8 saturated carbocycles. The monoisotopic (exact) mass is 2130 g/mol. The second kappa shape index (κ2) is 47.3. The van der Waals surface area contributed by atoms with Gasteiger partial charge in [0, 0.05) is 121 Å². The van der Waals surface area contributed by atoms with E-state index >= 15 is 0 Å². The van der Waals surface area contributed by atoms with Crippen molar-refractivity contribution in [3.05, 3.63) is 140 Å². The summed E-state index contributed by atoms with van der Waals surface area (Å²) in [6.07, 6.45) is -68.5. The summed E-state index contributed by atoms with van der Waals surface area (Å²) in [6, 6.07) is -29.7. The van der Waals surface area contributed by atoms with Crippen LogP contribution in [0, 0.1) is 51.0 Å². The lowest BCUT2D eigenvalue weighted by atomic mass is 10.1. The van der Waals surface area contributed by atoms with Crippen LogP contribution < -0.4 is 21.3 Å². The largest absolute Gasteiger partial charge is 0.394 e. The first-order valence-electron chi connectivity index (χ1n) is 71.7. The Morgan fingerprint density at radius 3 is 0.896 bits per heavy atom. The van der Waals surface area contributed by atoms with E-state index in [-0.39, 0.29) is 120 Å². The van der Waals surface area contributed by atoms with Crippen LogP contribution in [0.1, 0.15) is 276 Å². The summed E-state index contributed by atoms with van der Waals surface area (Å²) in [5.74, 6) is -10.4. The van der Waals surface area contributed by atoms with Crippen LogP contribution in [0.4, 0.5) is 40.8 Å². The predicted octanol–water partition coefficient (Wildman–Crippen LogP) is 8.73. The van der Waals surface area contributed by atoms with Gasteiger partial charge < -0.3 is 101 Å². The number of benzene rings is 4. The third kappa shape index (κ3) is 23.8. The maximum absolute atomic E-state index is 14.8. The number of ether oxygens (including phenoxy) is 4. The smallest absolute Gasteiger partial charge is 0.191 e. The van der Waals surface area contributed by atoms with E-state index in [1.807, 2.05) is 0 Å². The van der Waals surface area contributed by atoms with E-state index < -0.39 is 436 Å². The van der Waals surface area contributed by atoms with Crippen molar-refractivity contribution >= 4 is 115 Å². The van der Waals surface area contributed by atoms with E-state index in [2.05, 4.69) is 112 Å². The Bertz CT molecular complexity index is 9660. The van der Waals surface area contributed by atoms with E-state index in [9.17, 15) is 78.8 Å². The molecule has 4 aromatic carbocycles. The SMILES string of the molecule is [2H]c1c([2H])c([C@@H]2C[C@@]2([2H])Nc2nc(SC([2H])([2H])C([2H])([2H])C)nc3c2nnn3[C@]2([2H])C([2H])([2H])[C@]([2H])(OCCO)[C@@]([2H])(O)[C@@]2([2H])O)c([2H])c(F)c1C.[2H]c1c([2H])c([C@@H]2C[C@@]2([2H])Nc2nc(SC([2H])([2H])CC)nc3c2nnn3[C@]2([2H])C([2H])([2H])[C@]([2H])(OC([2H])([2H])C([2H])([2H])O)[C@@]([2H])(O)[C@@]2([2H])O)c([2H])c(F)c1C.[2H]c1c([2H])c([C@@H]2C[C@@]2([2H])Nc2nc(SC([2H])([2H])CC)nc3c2nnn3[C@]2([2H])C([2H])([2H])[C@]([2H])(OC([2H])([2H])CO)[C@@]([2H])(O)[C@@]2([2H])O)c([2H])c(F)c1C.[2H]c1c([2H])c([C@@H]2C[C@@]2([2H])Nc2nc(SC([2H])([2H])CC)nc3c2nnn3[C@]2([2H])C([2H])([2H])[C@]([2H])(OCC([2H])([2H])O)[C@@]([2H])(O)[C@@]2([2H])O)c([2H])c(F)c1C. The molecule has 48 heteroatoms. The number of rotatable bonds is 40. The molecule has 16 N–H and O–H groups in total. The average Bonchev–Trinajstić information content (AvgIpc) is 1.52. The molecule has 776 valence electrons. The number of nitrogens with one attached hydrogen (secondary N) is 4.